The van der Waals surface area contributed by atoms with Crippen LogP contribution in [0, 0.1) is 6.92 Å². The summed E-state index contributed by atoms with van der Waals surface area (Å²) in [6.45, 7) is 1.78. The standard InChI is InChI=1S/C11H13N3O4S/c1-5-9(11(17)18)19-8(13-5)4-12-10(16)6-2-3-7(15)14-6/h6H,2-4H2,1H3,(H,12,16)(H,14,15)(H,17,18)/t6-/m1/s1. The van der Waals surface area contributed by atoms with Crippen LogP contribution in [-0.4, -0.2) is 33.9 Å². The Morgan fingerprint density at radius 3 is 2.84 bits per heavy atom. The molecule has 0 spiro atoms. The summed E-state index contributed by atoms with van der Waals surface area (Å²) >= 11 is 1.04. The fraction of sp³-hybridized carbons (Fsp3) is 0.455. The van der Waals surface area contributed by atoms with Gasteiger partial charge in [-0.1, -0.05) is 0 Å². The minimum Gasteiger partial charge on any atom is -0.477 e. The number of carbonyl (C=O) groups excluding carboxylic acids is 2. The van der Waals surface area contributed by atoms with Gasteiger partial charge in [0, 0.05) is 6.42 Å². The third-order valence-corrected chi connectivity index (χ3v) is 3.91. The van der Waals surface area contributed by atoms with Gasteiger partial charge in [0.1, 0.15) is 15.9 Å². The van der Waals surface area contributed by atoms with Crippen molar-refractivity contribution >= 4 is 29.1 Å². The van der Waals surface area contributed by atoms with Crippen molar-refractivity contribution in [1.82, 2.24) is 15.6 Å². The molecule has 1 saturated heterocycles. The summed E-state index contributed by atoms with van der Waals surface area (Å²) in [6, 6.07) is -0.493. The summed E-state index contributed by atoms with van der Waals surface area (Å²) in [4.78, 5) is 37.8. The molecule has 0 saturated carbocycles. The number of hydrogen-bond donors (Lipinski definition) is 3. The van der Waals surface area contributed by atoms with Gasteiger partial charge in [-0.25, -0.2) is 9.78 Å². The Bertz CT molecular complexity index is 540. The lowest BCUT2D eigenvalue weighted by Crippen LogP contribution is -2.41. The van der Waals surface area contributed by atoms with Crippen molar-refractivity contribution in [2.24, 2.45) is 0 Å². The van der Waals surface area contributed by atoms with Crippen LogP contribution in [0.4, 0.5) is 0 Å². The first-order valence-corrected chi connectivity index (χ1v) is 6.55. The molecule has 2 rings (SSSR count). The maximum atomic E-state index is 11.7. The lowest BCUT2D eigenvalue weighted by Gasteiger charge is -2.09. The van der Waals surface area contributed by atoms with E-state index in [1.807, 2.05) is 0 Å². The Labute approximate surface area is 113 Å². The van der Waals surface area contributed by atoms with Crippen molar-refractivity contribution in [2.45, 2.75) is 32.4 Å². The van der Waals surface area contributed by atoms with E-state index in [1.54, 1.807) is 6.92 Å². The second-order valence-corrected chi connectivity index (χ2v) is 5.29. The number of hydrogen-bond acceptors (Lipinski definition) is 5. The first-order valence-electron chi connectivity index (χ1n) is 5.74. The average Bonchev–Trinajstić information content (AvgIpc) is 2.92. The molecular formula is C11H13N3O4S. The van der Waals surface area contributed by atoms with Gasteiger partial charge in [-0.05, 0) is 13.3 Å². The molecular weight excluding hydrogens is 270 g/mol. The van der Waals surface area contributed by atoms with Gasteiger partial charge >= 0.3 is 5.97 Å². The number of carboxylic acid groups (broad SMARTS) is 1. The van der Waals surface area contributed by atoms with Gasteiger partial charge < -0.3 is 15.7 Å². The highest BCUT2D eigenvalue weighted by molar-refractivity contribution is 7.13. The monoisotopic (exact) mass is 283 g/mol. The van der Waals surface area contributed by atoms with Crippen LogP contribution in [0.15, 0.2) is 0 Å². The van der Waals surface area contributed by atoms with E-state index in [1.165, 1.54) is 0 Å². The summed E-state index contributed by atoms with van der Waals surface area (Å²) in [5, 5.41) is 14.6. The number of rotatable bonds is 4. The van der Waals surface area contributed by atoms with Crippen LogP contribution >= 0.6 is 11.3 Å². The van der Waals surface area contributed by atoms with Crippen LogP contribution in [0.1, 0.15) is 33.2 Å². The van der Waals surface area contributed by atoms with Crippen molar-refractivity contribution in [3.63, 3.8) is 0 Å². The highest BCUT2D eigenvalue weighted by Gasteiger charge is 2.27. The molecule has 0 unspecified atom stereocenters. The van der Waals surface area contributed by atoms with Crippen molar-refractivity contribution < 1.29 is 19.5 Å². The first-order chi connectivity index (χ1) is 8.97. The number of aromatic carboxylic acids is 1. The quantitative estimate of drug-likeness (QED) is 0.723. The smallest absolute Gasteiger partial charge is 0.347 e. The molecule has 1 aliphatic heterocycles. The van der Waals surface area contributed by atoms with E-state index < -0.39 is 12.0 Å². The Balaban J connectivity index is 1.92. The molecule has 1 aromatic rings. The molecule has 102 valence electrons. The molecule has 2 amide bonds. The molecule has 1 atom stereocenters. The topological polar surface area (TPSA) is 108 Å². The van der Waals surface area contributed by atoms with E-state index in [9.17, 15) is 14.4 Å². The van der Waals surface area contributed by atoms with Gasteiger partial charge in [-0.2, -0.15) is 0 Å². The highest BCUT2D eigenvalue weighted by atomic mass is 32.1. The molecule has 0 aliphatic carbocycles. The van der Waals surface area contributed by atoms with Crippen molar-refractivity contribution in [1.29, 1.82) is 0 Å². The molecule has 1 aromatic heterocycles. The minimum atomic E-state index is -1.02. The fourth-order valence-corrected chi connectivity index (χ4v) is 2.67. The van der Waals surface area contributed by atoms with Crippen molar-refractivity contribution in [2.75, 3.05) is 0 Å². The lowest BCUT2D eigenvalue weighted by molar-refractivity contribution is -0.125. The van der Waals surface area contributed by atoms with Gasteiger partial charge in [0.2, 0.25) is 11.8 Å². The zero-order valence-corrected chi connectivity index (χ0v) is 11.0. The van der Waals surface area contributed by atoms with Crippen LogP contribution in [0.3, 0.4) is 0 Å². The summed E-state index contributed by atoms with van der Waals surface area (Å²) in [6.07, 6.45) is 0.847. The van der Waals surface area contributed by atoms with Crippen LogP contribution in [0.25, 0.3) is 0 Å². The summed E-state index contributed by atoms with van der Waals surface area (Å²) < 4.78 is 0. The second kappa shape index (κ2) is 5.35. The van der Waals surface area contributed by atoms with E-state index >= 15 is 0 Å². The molecule has 1 fully saturated rings. The summed E-state index contributed by atoms with van der Waals surface area (Å²) in [5.41, 5.74) is 0.441. The molecule has 8 heteroatoms. The normalized spacial score (nSPS) is 18.2. The van der Waals surface area contributed by atoms with Crippen molar-refractivity contribution in [3.8, 4) is 0 Å². The van der Waals surface area contributed by atoms with Crippen molar-refractivity contribution in [3.05, 3.63) is 15.6 Å². The molecule has 7 nitrogen and oxygen atoms in total. The van der Waals surface area contributed by atoms with Crippen LogP contribution in [-0.2, 0) is 16.1 Å². The lowest BCUT2D eigenvalue weighted by atomic mass is 10.2. The van der Waals surface area contributed by atoms with Crippen LogP contribution < -0.4 is 10.6 Å². The number of carboxylic acids is 1. The number of amides is 2. The average molecular weight is 283 g/mol. The molecule has 1 aliphatic rings. The third kappa shape index (κ3) is 3.08. The van der Waals surface area contributed by atoms with E-state index in [-0.39, 0.29) is 23.2 Å². The Hall–Kier alpha value is -1.96. The fourth-order valence-electron chi connectivity index (χ4n) is 1.82. The maximum absolute atomic E-state index is 11.7. The van der Waals surface area contributed by atoms with E-state index in [0.717, 1.165) is 11.3 Å². The zero-order valence-electron chi connectivity index (χ0n) is 10.2. The highest BCUT2D eigenvalue weighted by Crippen LogP contribution is 2.17. The molecule has 2 heterocycles. The third-order valence-electron chi connectivity index (χ3n) is 2.76. The van der Waals surface area contributed by atoms with E-state index in [0.29, 0.717) is 23.5 Å². The molecule has 19 heavy (non-hydrogen) atoms. The zero-order chi connectivity index (χ0) is 14.0. The number of nitrogens with one attached hydrogen (secondary N) is 2. The number of aryl methyl sites for hydroxylation is 1. The van der Waals surface area contributed by atoms with Crippen LogP contribution in [0.5, 0.6) is 0 Å². The number of carbonyl (C=O) groups is 3. The second-order valence-electron chi connectivity index (χ2n) is 4.20. The summed E-state index contributed by atoms with van der Waals surface area (Å²) in [7, 11) is 0. The molecule has 0 radical (unpaired) electrons. The Morgan fingerprint density at radius 1 is 1.58 bits per heavy atom. The number of thiazole rings is 1. The predicted molar refractivity (Wildman–Crippen MR) is 66.8 cm³/mol. The van der Waals surface area contributed by atoms with E-state index in [4.69, 9.17) is 5.11 Å². The van der Waals surface area contributed by atoms with Gasteiger partial charge in [-0.15, -0.1) is 11.3 Å². The number of aromatic nitrogens is 1. The van der Waals surface area contributed by atoms with Gasteiger partial charge in [-0.3, -0.25) is 9.59 Å². The Kier molecular flexibility index (Phi) is 3.79. The molecule has 3 N–H and O–H groups in total. The SMILES string of the molecule is Cc1nc(CNC(=O)[C@H]2CCC(=O)N2)sc1C(=O)O. The first kappa shape index (κ1) is 13.5. The van der Waals surface area contributed by atoms with E-state index in [2.05, 4.69) is 15.6 Å². The Morgan fingerprint density at radius 2 is 2.32 bits per heavy atom. The maximum Gasteiger partial charge on any atom is 0.347 e. The van der Waals surface area contributed by atoms with Gasteiger partial charge in [0.05, 0.1) is 12.2 Å². The predicted octanol–water partition coefficient (Wildman–Crippen LogP) is 0.0445. The largest absolute Gasteiger partial charge is 0.477 e. The number of nitrogens with zero attached hydrogens (tertiary/aromatic N) is 1. The van der Waals surface area contributed by atoms with Gasteiger partial charge in [0.25, 0.3) is 0 Å². The summed E-state index contributed by atoms with van der Waals surface area (Å²) in [5.74, 6) is -1.41. The van der Waals surface area contributed by atoms with Crippen LogP contribution in [0.2, 0.25) is 0 Å². The van der Waals surface area contributed by atoms with Gasteiger partial charge in [0.15, 0.2) is 0 Å². The molecule has 0 bridgehead atoms. The molecule has 0 aromatic carbocycles. The minimum absolute atomic E-state index is 0.126.